The third kappa shape index (κ3) is 4.97. The van der Waals surface area contributed by atoms with E-state index in [0.717, 1.165) is 42.1 Å². The second-order valence-electron chi connectivity index (χ2n) is 9.60. The van der Waals surface area contributed by atoms with Gasteiger partial charge in [0, 0.05) is 32.7 Å². The van der Waals surface area contributed by atoms with Crippen molar-refractivity contribution in [3.05, 3.63) is 58.1 Å². The molecule has 0 amide bonds. The fourth-order valence-corrected chi connectivity index (χ4v) is 6.16. The summed E-state index contributed by atoms with van der Waals surface area (Å²) >= 11 is 0. The molecule has 5 nitrogen and oxygen atoms in total. The van der Waals surface area contributed by atoms with Crippen LogP contribution in [0.5, 0.6) is 5.75 Å². The molecule has 0 radical (unpaired) electrons. The Kier molecular flexibility index (Phi) is 6.84. The topological polar surface area (TPSA) is 49.9 Å². The molecule has 2 aromatic carbocycles. The van der Waals surface area contributed by atoms with Gasteiger partial charge in [-0.3, -0.25) is 4.90 Å². The maximum Gasteiger partial charge on any atom is 0.243 e. The molecule has 3 rings (SSSR count). The first-order chi connectivity index (χ1) is 14.4. The second-order valence-corrected chi connectivity index (χ2v) is 11.5. The third-order valence-electron chi connectivity index (χ3n) is 6.35. The number of rotatable bonds is 5. The summed E-state index contributed by atoms with van der Waals surface area (Å²) < 4.78 is 33.9. The smallest absolute Gasteiger partial charge is 0.243 e. The number of hydrogen-bond acceptors (Lipinski definition) is 4. The van der Waals surface area contributed by atoms with Crippen LogP contribution in [0, 0.1) is 20.8 Å². The summed E-state index contributed by atoms with van der Waals surface area (Å²) in [5.74, 6) is 0.733. The molecular formula is C25H36N2O3S. The number of piperazine rings is 1. The molecule has 0 saturated carbocycles. The predicted molar refractivity (Wildman–Crippen MR) is 126 cm³/mol. The second kappa shape index (κ2) is 8.93. The number of methoxy groups -OCH3 is 1. The summed E-state index contributed by atoms with van der Waals surface area (Å²) in [5.41, 5.74) is 5.13. The zero-order valence-corrected chi connectivity index (χ0v) is 20.8. The molecule has 0 bridgehead atoms. The lowest BCUT2D eigenvalue weighted by molar-refractivity contribution is 0.181. The lowest BCUT2D eigenvalue weighted by atomic mass is 9.87. The molecular weight excluding hydrogens is 408 g/mol. The van der Waals surface area contributed by atoms with E-state index in [-0.39, 0.29) is 5.41 Å². The molecule has 0 spiro atoms. The van der Waals surface area contributed by atoms with E-state index in [1.807, 2.05) is 26.8 Å². The van der Waals surface area contributed by atoms with Crippen LogP contribution >= 0.6 is 0 Å². The summed E-state index contributed by atoms with van der Waals surface area (Å²) in [6, 6.07) is 10.6. The number of hydrogen-bond donors (Lipinski definition) is 0. The molecule has 1 heterocycles. The van der Waals surface area contributed by atoms with Crippen LogP contribution in [0.4, 0.5) is 0 Å². The van der Waals surface area contributed by atoms with E-state index in [9.17, 15) is 8.42 Å². The zero-order chi connectivity index (χ0) is 23.0. The lowest BCUT2D eigenvalue weighted by Gasteiger charge is -2.34. The molecule has 0 atom stereocenters. The molecule has 0 aliphatic carbocycles. The Balaban J connectivity index is 1.70. The van der Waals surface area contributed by atoms with Crippen LogP contribution in [0.2, 0.25) is 0 Å². The summed E-state index contributed by atoms with van der Waals surface area (Å²) in [5, 5.41) is 0. The molecule has 6 heteroatoms. The fraction of sp³-hybridized carbons (Fsp3) is 0.520. The van der Waals surface area contributed by atoms with E-state index in [2.05, 4.69) is 49.9 Å². The molecule has 0 aromatic heterocycles. The molecule has 1 fully saturated rings. The summed E-state index contributed by atoms with van der Waals surface area (Å²) in [6.45, 7) is 15.6. The van der Waals surface area contributed by atoms with Crippen LogP contribution in [0.3, 0.4) is 0 Å². The highest BCUT2D eigenvalue weighted by molar-refractivity contribution is 7.89. The predicted octanol–water partition coefficient (Wildman–Crippen LogP) is 4.42. The number of aryl methyl sites for hydroxylation is 1. The number of ether oxygens (including phenoxy) is 1. The van der Waals surface area contributed by atoms with Crippen LogP contribution < -0.4 is 4.74 Å². The number of benzene rings is 2. The molecule has 170 valence electrons. The maximum absolute atomic E-state index is 13.4. The van der Waals surface area contributed by atoms with Crippen molar-refractivity contribution < 1.29 is 13.2 Å². The lowest BCUT2D eigenvalue weighted by Crippen LogP contribution is -2.48. The first kappa shape index (κ1) is 23.8. The first-order valence-corrected chi connectivity index (χ1v) is 12.4. The molecule has 0 unspecified atom stereocenters. The van der Waals surface area contributed by atoms with Gasteiger partial charge in [0.25, 0.3) is 0 Å². The van der Waals surface area contributed by atoms with Crippen molar-refractivity contribution in [3.63, 3.8) is 0 Å². The Labute approximate surface area is 188 Å². The minimum Gasteiger partial charge on any atom is -0.496 e. The van der Waals surface area contributed by atoms with Crippen molar-refractivity contribution in [1.29, 1.82) is 0 Å². The Morgan fingerprint density at radius 3 is 2.03 bits per heavy atom. The van der Waals surface area contributed by atoms with Crippen LogP contribution in [-0.4, -0.2) is 50.9 Å². The van der Waals surface area contributed by atoms with Crippen LogP contribution in [0.15, 0.2) is 35.2 Å². The maximum atomic E-state index is 13.4. The van der Waals surface area contributed by atoms with Gasteiger partial charge in [-0.25, -0.2) is 8.42 Å². The average molecular weight is 445 g/mol. The van der Waals surface area contributed by atoms with Crippen LogP contribution in [-0.2, 0) is 22.0 Å². The van der Waals surface area contributed by atoms with Crippen molar-refractivity contribution in [1.82, 2.24) is 9.21 Å². The molecule has 2 aromatic rings. The van der Waals surface area contributed by atoms with Crippen molar-refractivity contribution in [3.8, 4) is 5.75 Å². The highest BCUT2D eigenvalue weighted by Crippen LogP contribution is 2.32. The van der Waals surface area contributed by atoms with Crippen molar-refractivity contribution in [2.24, 2.45) is 0 Å². The Morgan fingerprint density at radius 2 is 1.52 bits per heavy atom. The van der Waals surface area contributed by atoms with E-state index in [1.165, 1.54) is 11.1 Å². The van der Waals surface area contributed by atoms with Gasteiger partial charge in [0.1, 0.15) is 5.75 Å². The molecule has 1 aliphatic heterocycles. The minimum atomic E-state index is -3.54. The van der Waals surface area contributed by atoms with Gasteiger partial charge in [-0.05, 0) is 60.1 Å². The van der Waals surface area contributed by atoms with Gasteiger partial charge in [-0.1, -0.05) is 45.0 Å². The van der Waals surface area contributed by atoms with E-state index in [0.29, 0.717) is 18.0 Å². The minimum absolute atomic E-state index is 0.147. The fourth-order valence-electron chi connectivity index (χ4n) is 4.26. The zero-order valence-electron chi connectivity index (χ0n) is 19.9. The summed E-state index contributed by atoms with van der Waals surface area (Å²) in [4.78, 5) is 2.76. The monoisotopic (exact) mass is 444 g/mol. The van der Waals surface area contributed by atoms with E-state index in [1.54, 1.807) is 11.4 Å². The highest BCUT2D eigenvalue weighted by atomic mass is 32.2. The highest BCUT2D eigenvalue weighted by Gasteiger charge is 2.32. The van der Waals surface area contributed by atoms with Gasteiger partial charge in [0.15, 0.2) is 0 Å². The van der Waals surface area contributed by atoms with E-state index >= 15 is 0 Å². The molecule has 1 saturated heterocycles. The SMILES string of the molecule is COc1cc(C)c(S(=O)(=O)N2CCN(Cc3ccc(C(C)(C)C)cc3)CC2)c(C)c1C. The number of nitrogens with zero attached hydrogens (tertiary/aromatic N) is 2. The van der Waals surface area contributed by atoms with Gasteiger partial charge in [0.05, 0.1) is 12.0 Å². The molecule has 0 N–H and O–H groups in total. The normalized spacial score (nSPS) is 16.5. The summed E-state index contributed by atoms with van der Waals surface area (Å²) in [6.07, 6.45) is 0. The van der Waals surface area contributed by atoms with Gasteiger partial charge in [0.2, 0.25) is 10.0 Å². The number of sulfonamides is 1. The summed E-state index contributed by atoms with van der Waals surface area (Å²) in [7, 11) is -1.92. The molecule has 31 heavy (non-hydrogen) atoms. The van der Waals surface area contributed by atoms with Crippen molar-refractivity contribution in [2.45, 2.75) is 58.4 Å². The Bertz CT molecular complexity index is 1030. The van der Waals surface area contributed by atoms with Crippen molar-refractivity contribution in [2.75, 3.05) is 33.3 Å². The average Bonchev–Trinajstić information content (AvgIpc) is 2.70. The van der Waals surface area contributed by atoms with Gasteiger partial charge in [-0.2, -0.15) is 4.31 Å². The quantitative estimate of drug-likeness (QED) is 0.685. The Morgan fingerprint density at radius 1 is 0.935 bits per heavy atom. The molecule has 1 aliphatic rings. The van der Waals surface area contributed by atoms with Crippen LogP contribution in [0.25, 0.3) is 0 Å². The third-order valence-corrected chi connectivity index (χ3v) is 8.54. The van der Waals surface area contributed by atoms with Crippen LogP contribution in [0.1, 0.15) is 48.6 Å². The van der Waals surface area contributed by atoms with E-state index in [4.69, 9.17) is 4.74 Å². The van der Waals surface area contributed by atoms with E-state index < -0.39 is 10.0 Å². The van der Waals surface area contributed by atoms with Gasteiger partial charge in [-0.15, -0.1) is 0 Å². The first-order valence-electron chi connectivity index (χ1n) is 10.9. The van der Waals surface area contributed by atoms with Crippen molar-refractivity contribution >= 4 is 10.0 Å². The van der Waals surface area contributed by atoms with Gasteiger partial charge < -0.3 is 4.74 Å². The Hall–Kier alpha value is -1.89. The standard InChI is InChI=1S/C25H36N2O3S/c1-18-16-23(30-7)19(2)20(3)24(18)31(28,29)27-14-12-26(13-15-27)17-21-8-10-22(11-9-21)25(4,5)6/h8-11,16H,12-15,17H2,1-7H3. The van der Waals surface area contributed by atoms with Gasteiger partial charge >= 0.3 is 0 Å². The largest absolute Gasteiger partial charge is 0.496 e.